The van der Waals surface area contributed by atoms with Gasteiger partial charge in [-0.3, -0.25) is 0 Å². The van der Waals surface area contributed by atoms with Crippen LogP contribution in [0.15, 0.2) is 41.4 Å². The minimum atomic E-state index is -0.299. The Kier molecular flexibility index (Phi) is 2.75. The van der Waals surface area contributed by atoms with Crippen molar-refractivity contribution in [3.63, 3.8) is 0 Å². The van der Waals surface area contributed by atoms with Crippen LogP contribution in [0.25, 0.3) is 22.8 Å². The number of nitrogens with zero attached hydrogens (tertiary/aromatic N) is 4. The first kappa shape index (κ1) is 11.5. The van der Waals surface area contributed by atoms with Crippen molar-refractivity contribution in [2.45, 2.75) is 6.92 Å². The number of halogens is 1. The minimum Gasteiger partial charge on any atom is -0.333 e. The number of benzene rings is 1. The summed E-state index contributed by atoms with van der Waals surface area (Å²) in [6, 6.07) is 4.80. The molecule has 0 aliphatic carbocycles. The molecule has 0 saturated carbocycles. The Morgan fingerprint density at radius 2 is 1.89 bits per heavy atom. The van der Waals surface area contributed by atoms with E-state index in [0.717, 1.165) is 0 Å². The van der Waals surface area contributed by atoms with E-state index in [0.29, 0.717) is 28.4 Å². The molecular formula is C13H9FN4O. The Morgan fingerprint density at radius 3 is 2.63 bits per heavy atom. The van der Waals surface area contributed by atoms with E-state index in [4.69, 9.17) is 4.52 Å². The van der Waals surface area contributed by atoms with Gasteiger partial charge < -0.3 is 4.52 Å². The summed E-state index contributed by atoms with van der Waals surface area (Å²) >= 11 is 0. The molecule has 0 atom stereocenters. The topological polar surface area (TPSA) is 64.7 Å². The molecule has 0 saturated heterocycles. The number of aryl methyl sites for hydroxylation is 1. The molecule has 0 spiro atoms. The molecule has 2 heterocycles. The zero-order valence-electron chi connectivity index (χ0n) is 10.0. The van der Waals surface area contributed by atoms with Gasteiger partial charge >= 0.3 is 0 Å². The van der Waals surface area contributed by atoms with Crippen LogP contribution in [-0.4, -0.2) is 20.1 Å². The van der Waals surface area contributed by atoms with Crippen molar-refractivity contribution in [3.05, 3.63) is 48.3 Å². The molecule has 2 aromatic heterocycles. The maximum absolute atomic E-state index is 13.5. The summed E-state index contributed by atoms with van der Waals surface area (Å²) in [5, 5.41) is 3.83. The first-order valence-corrected chi connectivity index (χ1v) is 5.59. The monoisotopic (exact) mass is 256 g/mol. The fourth-order valence-electron chi connectivity index (χ4n) is 1.60. The zero-order chi connectivity index (χ0) is 13.2. The lowest BCUT2D eigenvalue weighted by atomic mass is 10.1. The first-order valence-electron chi connectivity index (χ1n) is 5.59. The van der Waals surface area contributed by atoms with E-state index in [1.54, 1.807) is 31.5 Å². The highest BCUT2D eigenvalue weighted by Crippen LogP contribution is 2.22. The Balaban J connectivity index is 1.99. The van der Waals surface area contributed by atoms with Crippen molar-refractivity contribution in [2.75, 3.05) is 0 Å². The second-order valence-electron chi connectivity index (χ2n) is 4.01. The van der Waals surface area contributed by atoms with Gasteiger partial charge in [0.15, 0.2) is 0 Å². The van der Waals surface area contributed by atoms with Crippen molar-refractivity contribution in [2.24, 2.45) is 0 Å². The maximum Gasteiger partial charge on any atom is 0.261 e. The lowest BCUT2D eigenvalue weighted by molar-refractivity contribution is 0.432. The van der Waals surface area contributed by atoms with Crippen LogP contribution >= 0.6 is 0 Å². The smallest absolute Gasteiger partial charge is 0.261 e. The summed E-state index contributed by atoms with van der Waals surface area (Å²) in [7, 11) is 0. The van der Waals surface area contributed by atoms with Crippen molar-refractivity contribution >= 4 is 0 Å². The third-order valence-corrected chi connectivity index (χ3v) is 2.66. The second-order valence-corrected chi connectivity index (χ2v) is 4.01. The summed E-state index contributed by atoms with van der Waals surface area (Å²) in [5.41, 5.74) is 1.76. The number of hydrogen-bond donors (Lipinski definition) is 0. The quantitative estimate of drug-likeness (QED) is 0.705. The fourth-order valence-corrected chi connectivity index (χ4v) is 1.60. The second kappa shape index (κ2) is 4.56. The fraction of sp³-hybridized carbons (Fsp3) is 0.0769. The SMILES string of the molecule is Cc1ccc(-c2noc(-c3cncnc3)n2)cc1F. The van der Waals surface area contributed by atoms with Crippen LogP contribution in [0.3, 0.4) is 0 Å². The van der Waals surface area contributed by atoms with Crippen molar-refractivity contribution in [1.82, 2.24) is 20.1 Å². The Morgan fingerprint density at radius 1 is 1.11 bits per heavy atom. The lowest BCUT2D eigenvalue weighted by Gasteiger charge is -1.97. The standard InChI is InChI=1S/C13H9FN4O/c1-8-2-3-9(4-11(8)14)12-17-13(19-18-12)10-5-15-7-16-6-10/h2-7H,1H3. The Bertz CT molecular complexity index is 712. The molecule has 0 aliphatic rings. The third kappa shape index (κ3) is 2.20. The van der Waals surface area contributed by atoms with Gasteiger partial charge in [-0.25, -0.2) is 14.4 Å². The van der Waals surface area contributed by atoms with Gasteiger partial charge in [0.05, 0.1) is 5.56 Å². The van der Waals surface area contributed by atoms with Crippen molar-refractivity contribution in [1.29, 1.82) is 0 Å². The summed E-state index contributed by atoms with van der Waals surface area (Å²) in [6.45, 7) is 1.70. The van der Waals surface area contributed by atoms with Gasteiger partial charge in [0.2, 0.25) is 5.82 Å². The zero-order valence-corrected chi connectivity index (χ0v) is 10.0. The summed E-state index contributed by atoms with van der Waals surface area (Å²) in [4.78, 5) is 11.9. The molecule has 19 heavy (non-hydrogen) atoms. The molecule has 3 aromatic rings. The van der Waals surface area contributed by atoms with E-state index in [-0.39, 0.29) is 5.82 Å². The Labute approximate surface area is 108 Å². The van der Waals surface area contributed by atoms with Crippen molar-refractivity contribution < 1.29 is 8.91 Å². The molecule has 0 N–H and O–H groups in total. The number of hydrogen-bond acceptors (Lipinski definition) is 5. The average molecular weight is 256 g/mol. The normalized spacial score (nSPS) is 10.6. The molecule has 5 nitrogen and oxygen atoms in total. The number of aromatic nitrogens is 4. The van der Waals surface area contributed by atoms with Crippen LogP contribution in [0.1, 0.15) is 5.56 Å². The van der Waals surface area contributed by atoms with E-state index in [2.05, 4.69) is 20.1 Å². The molecule has 6 heteroatoms. The van der Waals surface area contributed by atoms with Gasteiger partial charge in [-0.05, 0) is 18.6 Å². The summed E-state index contributed by atoms with van der Waals surface area (Å²) in [6.07, 6.45) is 4.55. The highest BCUT2D eigenvalue weighted by atomic mass is 19.1. The molecule has 0 amide bonds. The van der Waals surface area contributed by atoms with Crippen molar-refractivity contribution in [3.8, 4) is 22.8 Å². The molecular weight excluding hydrogens is 247 g/mol. The van der Waals surface area contributed by atoms with Gasteiger partial charge in [-0.2, -0.15) is 4.98 Å². The van der Waals surface area contributed by atoms with Crippen LogP contribution in [0.4, 0.5) is 4.39 Å². The Hall–Kier alpha value is -2.63. The molecule has 0 bridgehead atoms. The molecule has 0 fully saturated rings. The van der Waals surface area contributed by atoms with Crippen LogP contribution in [0.5, 0.6) is 0 Å². The van der Waals surface area contributed by atoms with Crippen LogP contribution in [-0.2, 0) is 0 Å². The van der Waals surface area contributed by atoms with Gasteiger partial charge in [-0.15, -0.1) is 0 Å². The predicted octanol–water partition coefficient (Wildman–Crippen LogP) is 2.64. The molecule has 0 aliphatic heterocycles. The predicted molar refractivity (Wildman–Crippen MR) is 65.5 cm³/mol. The van der Waals surface area contributed by atoms with Crippen LogP contribution in [0, 0.1) is 12.7 Å². The van der Waals surface area contributed by atoms with E-state index >= 15 is 0 Å². The highest BCUT2D eigenvalue weighted by Gasteiger charge is 2.12. The molecule has 0 unspecified atom stereocenters. The summed E-state index contributed by atoms with van der Waals surface area (Å²) in [5.74, 6) is 0.334. The van der Waals surface area contributed by atoms with Gasteiger partial charge in [0, 0.05) is 18.0 Å². The first-order chi connectivity index (χ1) is 9.24. The minimum absolute atomic E-state index is 0.299. The molecule has 1 aromatic carbocycles. The van der Waals surface area contributed by atoms with Crippen LogP contribution < -0.4 is 0 Å². The van der Waals surface area contributed by atoms with E-state index in [1.807, 2.05) is 0 Å². The van der Waals surface area contributed by atoms with Gasteiger partial charge in [-0.1, -0.05) is 17.3 Å². The largest absolute Gasteiger partial charge is 0.333 e. The van der Waals surface area contributed by atoms with E-state index in [9.17, 15) is 4.39 Å². The van der Waals surface area contributed by atoms with Gasteiger partial charge in [0.1, 0.15) is 12.1 Å². The lowest BCUT2D eigenvalue weighted by Crippen LogP contribution is -1.86. The average Bonchev–Trinajstić information content (AvgIpc) is 2.93. The van der Waals surface area contributed by atoms with E-state index < -0.39 is 0 Å². The summed E-state index contributed by atoms with van der Waals surface area (Å²) < 4.78 is 18.6. The van der Waals surface area contributed by atoms with Gasteiger partial charge in [0.25, 0.3) is 5.89 Å². The molecule has 3 rings (SSSR count). The molecule has 94 valence electrons. The highest BCUT2D eigenvalue weighted by molar-refractivity contribution is 5.59. The maximum atomic E-state index is 13.5. The van der Waals surface area contributed by atoms with E-state index in [1.165, 1.54) is 12.4 Å². The molecule has 0 radical (unpaired) electrons. The van der Waals surface area contributed by atoms with Crippen LogP contribution in [0.2, 0.25) is 0 Å². The third-order valence-electron chi connectivity index (χ3n) is 2.66. The number of rotatable bonds is 2.